The molecule has 0 spiro atoms. The molecule has 0 saturated heterocycles. The van der Waals surface area contributed by atoms with Gasteiger partial charge in [0.15, 0.2) is 0 Å². The molecule has 1 aliphatic carbocycles. The van der Waals surface area contributed by atoms with E-state index < -0.39 is 0 Å². The van der Waals surface area contributed by atoms with Gasteiger partial charge in [-0.3, -0.25) is 0 Å². The lowest BCUT2D eigenvalue weighted by atomic mass is 10.2. The summed E-state index contributed by atoms with van der Waals surface area (Å²) in [6.45, 7) is 4.09. The molecule has 0 N–H and O–H groups in total. The van der Waals surface area contributed by atoms with E-state index in [0.29, 0.717) is 0 Å². The molecular weight excluding hydrogens is 272 g/mol. The lowest BCUT2D eigenvalue weighted by molar-refractivity contribution is 0.251. The Bertz CT molecular complexity index is 634. The van der Waals surface area contributed by atoms with E-state index >= 15 is 0 Å². The van der Waals surface area contributed by atoms with Crippen molar-refractivity contribution in [1.82, 2.24) is 14.9 Å². The first-order chi connectivity index (χ1) is 10.6. The Hall–Kier alpha value is -1.68. The van der Waals surface area contributed by atoms with Crippen molar-refractivity contribution in [2.45, 2.75) is 38.6 Å². The number of aromatic nitrogens is 2. The number of hydrogen-bond donors (Lipinski definition) is 0. The van der Waals surface area contributed by atoms with Crippen LogP contribution >= 0.6 is 0 Å². The molecular formula is C18H26N4. The van der Waals surface area contributed by atoms with Gasteiger partial charge in [0.05, 0.1) is 11.2 Å². The molecule has 118 valence electrons. The van der Waals surface area contributed by atoms with Crippen molar-refractivity contribution in [2.75, 3.05) is 32.1 Å². The molecule has 0 radical (unpaired) electrons. The van der Waals surface area contributed by atoms with E-state index in [0.717, 1.165) is 41.7 Å². The molecule has 1 saturated carbocycles. The minimum atomic E-state index is 0.771. The summed E-state index contributed by atoms with van der Waals surface area (Å²) >= 11 is 0. The minimum Gasteiger partial charge on any atom is -0.343 e. The first-order valence-corrected chi connectivity index (χ1v) is 8.30. The van der Waals surface area contributed by atoms with Crippen LogP contribution in [0.2, 0.25) is 0 Å². The molecule has 0 atom stereocenters. The molecule has 22 heavy (non-hydrogen) atoms. The van der Waals surface area contributed by atoms with Crippen molar-refractivity contribution >= 4 is 16.9 Å². The Labute approximate surface area is 133 Å². The van der Waals surface area contributed by atoms with E-state index in [1.54, 1.807) is 0 Å². The third-order valence-electron chi connectivity index (χ3n) is 4.86. The van der Waals surface area contributed by atoms with Crippen molar-refractivity contribution in [3.63, 3.8) is 0 Å². The van der Waals surface area contributed by atoms with Crippen molar-refractivity contribution in [3.05, 3.63) is 30.0 Å². The van der Waals surface area contributed by atoms with E-state index in [9.17, 15) is 0 Å². The predicted molar refractivity (Wildman–Crippen MR) is 92.4 cm³/mol. The van der Waals surface area contributed by atoms with E-state index in [1.807, 2.05) is 12.1 Å². The molecule has 0 aliphatic heterocycles. The molecule has 1 aromatic heterocycles. The fourth-order valence-corrected chi connectivity index (χ4v) is 3.33. The number of rotatable bonds is 5. The van der Waals surface area contributed by atoms with Crippen LogP contribution in [0.3, 0.4) is 0 Å². The van der Waals surface area contributed by atoms with Gasteiger partial charge in [0, 0.05) is 31.6 Å². The SMILES string of the molecule is Cc1nc(N(C)CCN(C)C2CCCC2)nc2ccccc12. The lowest BCUT2D eigenvalue weighted by Crippen LogP contribution is -2.36. The van der Waals surface area contributed by atoms with Gasteiger partial charge in [-0.2, -0.15) is 0 Å². The standard InChI is InChI=1S/C18H26N4/c1-14-16-10-6-7-11-17(16)20-18(19-14)22(3)13-12-21(2)15-8-4-5-9-15/h6-7,10-11,15H,4-5,8-9,12-13H2,1-3H3. The molecule has 3 rings (SSSR count). The van der Waals surface area contributed by atoms with Crippen LogP contribution in [0, 0.1) is 6.92 Å². The number of para-hydroxylation sites is 1. The fourth-order valence-electron chi connectivity index (χ4n) is 3.33. The Morgan fingerprint density at radius 3 is 2.55 bits per heavy atom. The van der Waals surface area contributed by atoms with Gasteiger partial charge in [-0.25, -0.2) is 9.97 Å². The highest BCUT2D eigenvalue weighted by molar-refractivity contribution is 5.81. The quantitative estimate of drug-likeness (QED) is 0.848. The van der Waals surface area contributed by atoms with Gasteiger partial charge in [0.1, 0.15) is 0 Å². The van der Waals surface area contributed by atoms with E-state index in [1.165, 1.54) is 25.7 Å². The number of hydrogen-bond acceptors (Lipinski definition) is 4. The average Bonchev–Trinajstić information content (AvgIpc) is 3.06. The molecule has 0 bridgehead atoms. The average molecular weight is 298 g/mol. The zero-order valence-electron chi connectivity index (χ0n) is 13.9. The summed E-state index contributed by atoms with van der Waals surface area (Å²) in [4.78, 5) is 14.0. The molecule has 1 aromatic carbocycles. The molecule has 0 amide bonds. The van der Waals surface area contributed by atoms with Gasteiger partial charge in [0.2, 0.25) is 5.95 Å². The Balaban J connectivity index is 1.68. The molecule has 1 aliphatic rings. The van der Waals surface area contributed by atoms with Crippen molar-refractivity contribution < 1.29 is 0 Å². The number of anilines is 1. The molecule has 0 unspecified atom stereocenters. The maximum absolute atomic E-state index is 4.71. The van der Waals surface area contributed by atoms with Crippen LogP contribution in [-0.4, -0.2) is 48.1 Å². The maximum Gasteiger partial charge on any atom is 0.225 e. The summed E-state index contributed by atoms with van der Waals surface area (Å²) in [5.41, 5.74) is 2.08. The summed E-state index contributed by atoms with van der Waals surface area (Å²) in [7, 11) is 4.34. The van der Waals surface area contributed by atoms with Gasteiger partial charge in [-0.15, -0.1) is 0 Å². The van der Waals surface area contributed by atoms with Gasteiger partial charge in [0.25, 0.3) is 0 Å². The van der Waals surface area contributed by atoms with Crippen LogP contribution in [0.5, 0.6) is 0 Å². The van der Waals surface area contributed by atoms with Crippen LogP contribution in [-0.2, 0) is 0 Å². The number of fused-ring (bicyclic) bond motifs is 1. The third-order valence-corrected chi connectivity index (χ3v) is 4.86. The molecule has 1 heterocycles. The molecule has 2 aromatic rings. The third kappa shape index (κ3) is 3.22. The highest BCUT2D eigenvalue weighted by atomic mass is 15.3. The summed E-state index contributed by atoms with van der Waals surface area (Å²) in [6.07, 6.45) is 5.48. The molecule has 4 heteroatoms. The van der Waals surface area contributed by atoms with Gasteiger partial charge in [-0.1, -0.05) is 31.0 Å². The Morgan fingerprint density at radius 2 is 1.77 bits per heavy atom. The number of benzene rings is 1. The Morgan fingerprint density at radius 1 is 1.05 bits per heavy atom. The predicted octanol–water partition coefficient (Wildman–Crippen LogP) is 3.25. The normalized spacial score (nSPS) is 15.8. The van der Waals surface area contributed by atoms with Crippen LogP contribution in [0.4, 0.5) is 5.95 Å². The first-order valence-electron chi connectivity index (χ1n) is 8.30. The van der Waals surface area contributed by atoms with Crippen molar-refractivity contribution in [1.29, 1.82) is 0 Å². The van der Waals surface area contributed by atoms with Crippen molar-refractivity contribution in [2.24, 2.45) is 0 Å². The summed E-state index contributed by atoms with van der Waals surface area (Å²) in [5, 5.41) is 1.14. The summed E-state index contributed by atoms with van der Waals surface area (Å²) in [5.74, 6) is 0.830. The lowest BCUT2D eigenvalue weighted by Gasteiger charge is -2.27. The molecule has 4 nitrogen and oxygen atoms in total. The second kappa shape index (κ2) is 6.61. The van der Waals surface area contributed by atoms with Gasteiger partial charge >= 0.3 is 0 Å². The first kappa shape index (κ1) is 15.2. The smallest absolute Gasteiger partial charge is 0.225 e. The number of nitrogens with zero attached hydrogens (tertiary/aromatic N) is 4. The summed E-state index contributed by atoms with van der Waals surface area (Å²) < 4.78 is 0. The highest BCUT2D eigenvalue weighted by Gasteiger charge is 2.19. The van der Waals surface area contributed by atoms with Gasteiger partial charge < -0.3 is 9.80 Å². The van der Waals surface area contributed by atoms with E-state index in [-0.39, 0.29) is 0 Å². The monoisotopic (exact) mass is 298 g/mol. The van der Waals surface area contributed by atoms with Crippen molar-refractivity contribution in [3.8, 4) is 0 Å². The fraction of sp³-hybridized carbons (Fsp3) is 0.556. The second-order valence-corrected chi connectivity index (χ2v) is 6.47. The topological polar surface area (TPSA) is 32.3 Å². The maximum atomic E-state index is 4.71. The van der Waals surface area contributed by atoms with Crippen LogP contribution in [0.15, 0.2) is 24.3 Å². The highest BCUT2D eigenvalue weighted by Crippen LogP contribution is 2.22. The molecule has 1 fully saturated rings. The van der Waals surface area contributed by atoms with E-state index in [2.05, 4.69) is 47.9 Å². The van der Waals surface area contributed by atoms with Crippen LogP contribution < -0.4 is 4.90 Å². The Kier molecular flexibility index (Phi) is 4.57. The largest absolute Gasteiger partial charge is 0.343 e. The van der Waals surface area contributed by atoms with Crippen LogP contribution in [0.1, 0.15) is 31.4 Å². The van der Waals surface area contributed by atoms with Crippen LogP contribution in [0.25, 0.3) is 10.9 Å². The number of aryl methyl sites for hydroxylation is 1. The van der Waals surface area contributed by atoms with E-state index in [4.69, 9.17) is 4.98 Å². The van der Waals surface area contributed by atoms with Gasteiger partial charge in [-0.05, 0) is 32.9 Å². The number of likely N-dealkylation sites (N-methyl/N-ethyl adjacent to an activating group) is 2. The minimum absolute atomic E-state index is 0.771. The zero-order chi connectivity index (χ0) is 15.5. The zero-order valence-corrected chi connectivity index (χ0v) is 13.9. The summed E-state index contributed by atoms with van der Waals surface area (Å²) in [6, 6.07) is 8.99. The second-order valence-electron chi connectivity index (χ2n) is 6.47.